The third-order valence-electron chi connectivity index (χ3n) is 4.28. The molecule has 1 aromatic carbocycles. The van der Waals surface area contributed by atoms with Gasteiger partial charge in [-0.15, -0.1) is 0 Å². The fourth-order valence-corrected chi connectivity index (χ4v) is 2.65. The number of hydrogen-bond donors (Lipinski definition) is 3. The highest BCUT2D eigenvalue weighted by Gasteiger charge is 2.21. The van der Waals surface area contributed by atoms with Gasteiger partial charge in [-0.1, -0.05) is 6.07 Å². The number of carbonyl (C=O) groups excluding carboxylic acids is 2. The van der Waals surface area contributed by atoms with Crippen molar-refractivity contribution < 1.29 is 29.8 Å². The highest BCUT2D eigenvalue weighted by molar-refractivity contribution is 5.95. The van der Waals surface area contributed by atoms with Crippen LogP contribution in [0, 0.1) is 17.0 Å². The molecule has 0 fully saturated rings. The fraction of sp³-hybridized carbons (Fsp3) is 0.529. The van der Waals surface area contributed by atoms with Gasteiger partial charge in [0.15, 0.2) is 0 Å². The van der Waals surface area contributed by atoms with Gasteiger partial charge in [-0.3, -0.25) is 14.9 Å². The maximum Gasteiger partial charge on any atom is 0.293 e. The Morgan fingerprint density at radius 2 is 1.96 bits per heavy atom. The number of carboxylic acid groups (broad SMARTS) is 1. The molecule has 0 bridgehead atoms. The molecule has 0 unspecified atom stereocenters. The lowest BCUT2D eigenvalue weighted by atomic mass is 10.1. The van der Waals surface area contributed by atoms with Gasteiger partial charge >= 0.3 is 0 Å². The number of quaternary nitrogens is 2. The Hall–Kier alpha value is -2.52. The molecule has 26 heavy (non-hydrogen) atoms. The predicted molar refractivity (Wildman–Crippen MR) is 93.6 cm³/mol. The van der Waals surface area contributed by atoms with E-state index in [4.69, 9.17) is 0 Å². The highest BCUT2D eigenvalue weighted by atomic mass is 16.6. The first-order valence-electron chi connectivity index (χ1n) is 8.71. The molecule has 1 atom stereocenters. The number of carbonyl (C=O) groups is 2. The molecule has 1 aromatic rings. The molecule has 144 valence electrons. The SMILES string of the molecule is CC[NH+](CC)CC[NH2+][C@H](CC(=O)Nc1ccc(C)cc1[N+](=O)[O-])C(=O)[O-]. The van der Waals surface area contributed by atoms with Gasteiger partial charge < -0.3 is 25.4 Å². The lowest BCUT2D eigenvalue weighted by molar-refractivity contribution is -0.910. The van der Waals surface area contributed by atoms with Crippen molar-refractivity contribution in [2.75, 3.05) is 31.5 Å². The van der Waals surface area contributed by atoms with Crippen LogP contribution in [0.3, 0.4) is 0 Å². The van der Waals surface area contributed by atoms with E-state index in [0.29, 0.717) is 12.1 Å². The summed E-state index contributed by atoms with van der Waals surface area (Å²) in [5.74, 6) is -1.93. The van der Waals surface area contributed by atoms with Crippen molar-refractivity contribution in [1.82, 2.24) is 0 Å². The van der Waals surface area contributed by atoms with Crippen molar-refractivity contribution in [3.8, 4) is 0 Å². The lowest BCUT2D eigenvalue weighted by Gasteiger charge is -2.19. The van der Waals surface area contributed by atoms with Crippen LogP contribution in [0.5, 0.6) is 0 Å². The molecule has 9 heteroatoms. The zero-order chi connectivity index (χ0) is 19.7. The summed E-state index contributed by atoms with van der Waals surface area (Å²) in [5, 5.41) is 26.4. The number of nitro groups is 1. The van der Waals surface area contributed by atoms with Gasteiger partial charge in [-0.25, -0.2) is 0 Å². The number of amides is 1. The summed E-state index contributed by atoms with van der Waals surface area (Å²) < 4.78 is 0. The lowest BCUT2D eigenvalue weighted by Crippen LogP contribution is -3.14. The number of hydrogen-bond acceptors (Lipinski definition) is 5. The van der Waals surface area contributed by atoms with E-state index in [0.717, 1.165) is 19.6 Å². The largest absolute Gasteiger partial charge is 0.544 e. The van der Waals surface area contributed by atoms with E-state index in [1.807, 2.05) is 0 Å². The summed E-state index contributed by atoms with van der Waals surface area (Å²) >= 11 is 0. The molecule has 0 aliphatic rings. The molecule has 0 aromatic heterocycles. The van der Waals surface area contributed by atoms with Crippen LogP contribution in [0.2, 0.25) is 0 Å². The second-order valence-electron chi connectivity index (χ2n) is 6.19. The number of carboxylic acids is 1. The molecule has 0 spiro atoms. The number of rotatable bonds is 11. The average molecular weight is 367 g/mol. The Labute approximate surface area is 152 Å². The minimum Gasteiger partial charge on any atom is -0.544 e. The second kappa shape index (κ2) is 10.5. The summed E-state index contributed by atoms with van der Waals surface area (Å²) in [6, 6.07) is 3.39. The van der Waals surface area contributed by atoms with Gasteiger partial charge in [-0.05, 0) is 32.4 Å². The molecule has 9 nitrogen and oxygen atoms in total. The van der Waals surface area contributed by atoms with Crippen molar-refractivity contribution in [2.45, 2.75) is 33.2 Å². The van der Waals surface area contributed by atoms with Crippen molar-refractivity contribution in [3.05, 3.63) is 33.9 Å². The van der Waals surface area contributed by atoms with Gasteiger partial charge in [-0.2, -0.15) is 0 Å². The maximum atomic E-state index is 12.1. The van der Waals surface area contributed by atoms with Crippen LogP contribution in [0.15, 0.2) is 18.2 Å². The van der Waals surface area contributed by atoms with Crippen LogP contribution < -0.4 is 20.6 Å². The first-order valence-corrected chi connectivity index (χ1v) is 8.71. The standard InChI is InChI=1S/C17H26N4O5/c1-4-20(5-2)9-8-18-14(17(23)24)11-16(22)19-13-7-6-12(3)10-15(13)21(25)26/h6-7,10,14,18H,4-5,8-9,11H2,1-3H3,(H,19,22)(H,23,24)/p+1/t14-/m1/s1. The zero-order valence-corrected chi connectivity index (χ0v) is 15.4. The molecule has 0 heterocycles. The number of nitrogens with zero attached hydrogens (tertiary/aromatic N) is 1. The molecule has 0 radical (unpaired) electrons. The maximum absolute atomic E-state index is 12.1. The first-order chi connectivity index (χ1) is 12.3. The quantitative estimate of drug-likeness (QED) is 0.303. The summed E-state index contributed by atoms with van der Waals surface area (Å²) in [5.41, 5.74) is 0.516. The van der Waals surface area contributed by atoms with E-state index >= 15 is 0 Å². The van der Waals surface area contributed by atoms with Crippen molar-refractivity contribution in [3.63, 3.8) is 0 Å². The van der Waals surface area contributed by atoms with Gasteiger partial charge in [0.25, 0.3) is 5.69 Å². The van der Waals surface area contributed by atoms with Gasteiger partial charge in [0.1, 0.15) is 24.8 Å². The molecule has 1 amide bonds. The van der Waals surface area contributed by atoms with E-state index in [9.17, 15) is 24.8 Å². The summed E-state index contributed by atoms with van der Waals surface area (Å²) in [4.78, 5) is 35.3. The van der Waals surface area contributed by atoms with Crippen LogP contribution in [0.25, 0.3) is 0 Å². The van der Waals surface area contributed by atoms with Gasteiger partial charge in [0.2, 0.25) is 5.91 Å². The molecule has 0 aliphatic carbocycles. The van der Waals surface area contributed by atoms with E-state index in [-0.39, 0.29) is 17.8 Å². The number of anilines is 1. The zero-order valence-electron chi connectivity index (χ0n) is 15.4. The minimum absolute atomic E-state index is 0.0512. The van der Waals surface area contributed by atoms with Crippen molar-refractivity contribution in [2.24, 2.45) is 0 Å². The molecular weight excluding hydrogens is 340 g/mol. The number of aryl methyl sites for hydroxylation is 1. The number of nitro benzene ring substituents is 1. The van der Waals surface area contributed by atoms with E-state index in [2.05, 4.69) is 19.2 Å². The Morgan fingerprint density at radius 3 is 2.50 bits per heavy atom. The van der Waals surface area contributed by atoms with Crippen molar-refractivity contribution >= 4 is 23.3 Å². The van der Waals surface area contributed by atoms with E-state index in [1.54, 1.807) is 18.3 Å². The molecular formula is C17H27N4O5+. The fourth-order valence-electron chi connectivity index (χ4n) is 2.65. The summed E-state index contributed by atoms with van der Waals surface area (Å²) in [6.45, 7) is 9.02. The minimum atomic E-state index is -1.33. The monoisotopic (exact) mass is 367 g/mol. The Bertz CT molecular complexity index is 646. The Balaban J connectivity index is 2.68. The molecule has 1 rings (SSSR count). The van der Waals surface area contributed by atoms with Gasteiger partial charge in [0, 0.05) is 6.07 Å². The van der Waals surface area contributed by atoms with E-state index < -0.39 is 22.8 Å². The Morgan fingerprint density at radius 1 is 1.31 bits per heavy atom. The highest BCUT2D eigenvalue weighted by Crippen LogP contribution is 2.25. The predicted octanol–water partition coefficient (Wildman–Crippen LogP) is -2.16. The molecule has 0 saturated carbocycles. The first kappa shape index (κ1) is 21.5. The third kappa shape index (κ3) is 6.77. The van der Waals surface area contributed by atoms with E-state index in [1.165, 1.54) is 17.0 Å². The van der Waals surface area contributed by atoms with Crippen LogP contribution in [-0.4, -0.2) is 49.0 Å². The van der Waals surface area contributed by atoms with Crippen LogP contribution in [0.4, 0.5) is 11.4 Å². The number of nitrogens with two attached hydrogens (primary N) is 1. The van der Waals surface area contributed by atoms with Crippen LogP contribution in [-0.2, 0) is 9.59 Å². The number of aliphatic carboxylic acids is 1. The molecule has 0 saturated heterocycles. The smallest absolute Gasteiger partial charge is 0.293 e. The van der Waals surface area contributed by atoms with Crippen molar-refractivity contribution in [1.29, 1.82) is 0 Å². The molecule has 4 N–H and O–H groups in total. The third-order valence-corrected chi connectivity index (χ3v) is 4.28. The summed E-state index contributed by atoms with van der Waals surface area (Å²) in [6.07, 6.45) is -0.319. The van der Waals surface area contributed by atoms with Crippen LogP contribution >= 0.6 is 0 Å². The number of nitrogens with one attached hydrogen (secondary N) is 2. The van der Waals surface area contributed by atoms with Gasteiger partial charge in [0.05, 0.1) is 30.4 Å². The number of likely N-dealkylation sites (N-methyl/N-ethyl adjacent to an activating group) is 1. The Kier molecular flexibility index (Phi) is 8.66. The second-order valence-corrected chi connectivity index (χ2v) is 6.19. The normalized spacial score (nSPS) is 12.0. The topological polar surface area (TPSA) is 133 Å². The molecule has 0 aliphatic heterocycles. The average Bonchev–Trinajstić information content (AvgIpc) is 2.58. The number of benzene rings is 1. The van der Waals surface area contributed by atoms with Crippen LogP contribution in [0.1, 0.15) is 25.8 Å². The summed E-state index contributed by atoms with van der Waals surface area (Å²) in [7, 11) is 0.